The van der Waals surface area contributed by atoms with Gasteiger partial charge in [0.05, 0.1) is 0 Å². The highest BCUT2D eigenvalue weighted by Crippen LogP contribution is 2.29. The van der Waals surface area contributed by atoms with Crippen molar-refractivity contribution in [3.05, 3.63) is 60.6 Å². The number of nitrogens with zero attached hydrogens (tertiary/aromatic N) is 3. The number of hydrogen-bond donors (Lipinski definition) is 2. The van der Waals surface area contributed by atoms with Gasteiger partial charge in [-0.05, 0) is 63.4 Å². The Hall–Kier alpha value is -3.08. The number of fused-ring (bicyclic) bond motifs is 1. The number of ether oxygens (including phenoxy) is 1. The zero-order valence-corrected chi connectivity index (χ0v) is 20.8. The maximum atomic E-state index is 13.2. The SMILES string of the molecule is CC1CCCC(C)N1S(=O)(=O)N[C@@](C)(Cc1ccc(Oc2nccc3cnccc23)cc1)C(=O)O. The van der Waals surface area contributed by atoms with Crippen LogP contribution in [0.4, 0.5) is 0 Å². The number of carboxylic acid groups (broad SMARTS) is 1. The average molecular weight is 499 g/mol. The number of benzene rings is 1. The normalized spacial score (nSPS) is 20.9. The van der Waals surface area contributed by atoms with Crippen LogP contribution in [-0.4, -0.2) is 51.4 Å². The van der Waals surface area contributed by atoms with E-state index >= 15 is 0 Å². The van der Waals surface area contributed by atoms with Crippen LogP contribution in [0.15, 0.2) is 55.0 Å². The monoisotopic (exact) mass is 498 g/mol. The molecule has 0 spiro atoms. The Labute approximate surface area is 205 Å². The summed E-state index contributed by atoms with van der Waals surface area (Å²) in [6, 6.07) is 10.2. The quantitative estimate of drug-likeness (QED) is 0.483. The second-order valence-electron chi connectivity index (χ2n) is 9.34. The molecule has 0 aliphatic carbocycles. The van der Waals surface area contributed by atoms with Crippen molar-refractivity contribution in [3.8, 4) is 11.6 Å². The van der Waals surface area contributed by atoms with Crippen molar-refractivity contribution in [1.29, 1.82) is 0 Å². The number of piperidine rings is 1. The highest BCUT2D eigenvalue weighted by Gasteiger charge is 2.43. The summed E-state index contributed by atoms with van der Waals surface area (Å²) < 4.78 is 36.2. The van der Waals surface area contributed by atoms with Crippen molar-refractivity contribution >= 4 is 27.0 Å². The molecule has 0 radical (unpaired) electrons. The predicted molar refractivity (Wildman–Crippen MR) is 132 cm³/mol. The van der Waals surface area contributed by atoms with E-state index in [4.69, 9.17) is 4.74 Å². The Kier molecular flexibility index (Phi) is 7.07. The standard InChI is InChI=1S/C25H30N4O5S/c1-17-5-4-6-18(2)29(17)35(32,33)28-25(3,24(30)31)15-19-7-9-21(10-8-19)34-23-22-12-13-26-16-20(22)11-14-27-23/h7-14,16-18,28H,4-6,15H2,1-3H3,(H,30,31)/t17?,18?,25-/m0/s1. The summed E-state index contributed by atoms with van der Waals surface area (Å²) in [5, 5.41) is 11.7. The summed E-state index contributed by atoms with van der Waals surface area (Å²) in [5.74, 6) is -0.281. The number of aliphatic carboxylic acids is 1. The average Bonchev–Trinajstić information content (AvgIpc) is 2.80. The molecule has 3 heterocycles. The molecule has 1 aliphatic rings. The lowest BCUT2D eigenvalue weighted by atomic mass is 9.94. The molecule has 1 saturated heterocycles. The molecule has 35 heavy (non-hydrogen) atoms. The van der Waals surface area contributed by atoms with Gasteiger partial charge in [-0.15, -0.1) is 0 Å². The number of aromatic nitrogens is 2. The van der Waals surface area contributed by atoms with Crippen LogP contribution in [0.25, 0.3) is 10.8 Å². The molecule has 186 valence electrons. The number of hydrogen-bond acceptors (Lipinski definition) is 6. The fourth-order valence-electron chi connectivity index (χ4n) is 4.63. The summed E-state index contributed by atoms with van der Waals surface area (Å²) in [7, 11) is -4.01. The Morgan fingerprint density at radius 3 is 2.49 bits per heavy atom. The largest absolute Gasteiger partial charge is 0.480 e. The summed E-state index contributed by atoms with van der Waals surface area (Å²) >= 11 is 0. The first-order valence-electron chi connectivity index (χ1n) is 11.6. The first kappa shape index (κ1) is 25.0. The molecule has 9 nitrogen and oxygen atoms in total. The molecule has 2 N–H and O–H groups in total. The lowest BCUT2D eigenvalue weighted by Crippen LogP contribution is -2.60. The lowest BCUT2D eigenvalue weighted by Gasteiger charge is -2.39. The number of pyridine rings is 2. The van der Waals surface area contributed by atoms with Crippen molar-refractivity contribution in [2.75, 3.05) is 0 Å². The van der Waals surface area contributed by atoms with Gasteiger partial charge >= 0.3 is 5.97 Å². The Morgan fingerprint density at radius 1 is 1.14 bits per heavy atom. The van der Waals surface area contributed by atoms with Gasteiger partial charge in [-0.1, -0.05) is 18.6 Å². The molecule has 1 aromatic carbocycles. The van der Waals surface area contributed by atoms with Crippen LogP contribution in [0.3, 0.4) is 0 Å². The summed E-state index contributed by atoms with van der Waals surface area (Å²) in [6.07, 6.45) is 7.45. The van der Waals surface area contributed by atoms with Crippen LogP contribution in [0, 0.1) is 0 Å². The van der Waals surface area contributed by atoms with E-state index in [1.165, 1.54) is 11.2 Å². The number of nitrogens with one attached hydrogen (secondary N) is 1. The van der Waals surface area contributed by atoms with Crippen molar-refractivity contribution in [2.24, 2.45) is 0 Å². The van der Waals surface area contributed by atoms with E-state index in [1.54, 1.807) is 42.9 Å². The highest BCUT2D eigenvalue weighted by molar-refractivity contribution is 7.87. The van der Waals surface area contributed by atoms with Crippen LogP contribution in [0.1, 0.15) is 45.6 Å². The molecular formula is C25H30N4O5S. The van der Waals surface area contributed by atoms with Crippen LogP contribution in [-0.2, 0) is 21.4 Å². The fourth-order valence-corrected chi connectivity index (χ4v) is 6.62. The zero-order chi connectivity index (χ0) is 25.2. The minimum absolute atomic E-state index is 0.0311. The van der Waals surface area contributed by atoms with Gasteiger partial charge in [0.25, 0.3) is 10.2 Å². The van der Waals surface area contributed by atoms with Gasteiger partial charge in [0.1, 0.15) is 11.3 Å². The van der Waals surface area contributed by atoms with Crippen LogP contribution in [0.5, 0.6) is 11.6 Å². The first-order valence-corrected chi connectivity index (χ1v) is 13.0. The first-order chi connectivity index (χ1) is 16.6. The van der Waals surface area contributed by atoms with E-state index in [1.807, 2.05) is 26.0 Å². The van der Waals surface area contributed by atoms with Crippen LogP contribution >= 0.6 is 0 Å². The van der Waals surface area contributed by atoms with E-state index in [0.717, 1.165) is 30.0 Å². The molecule has 0 bridgehead atoms. The van der Waals surface area contributed by atoms with Gasteiger partial charge in [0.2, 0.25) is 5.88 Å². The fraction of sp³-hybridized carbons (Fsp3) is 0.400. The van der Waals surface area contributed by atoms with E-state index in [9.17, 15) is 18.3 Å². The van der Waals surface area contributed by atoms with E-state index in [0.29, 0.717) is 17.2 Å². The minimum atomic E-state index is -4.01. The predicted octanol–water partition coefficient (Wildman–Crippen LogP) is 3.91. The smallest absolute Gasteiger partial charge is 0.324 e. The summed E-state index contributed by atoms with van der Waals surface area (Å²) in [6.45, 7) is 5.10. The second-order valence-corrected chi connectivity index (χ2v) is 10.9. The number of rotatable bonds is 8. The third kappa shape index (κ3) is 5.44. The highest BCUT2D eigenvalue weighted by atomic mass is 32.2. The van der Waals surface area contributed by atoms with Crippen LogP contribution < -0.4 is 9.46 Å². The second kappa shape index (κ2) is 9.88. The van der Waals surface area contributed by atoms with E-state index < -0.39 is 21.7 Å². The Balaban J connectivity index is 1.51. The Bertz CT molecular complexity index is 1300. The maximum absolute atomic E-state index is 13.2. The molecule has 3 atom stereocenters. The van der Waals surface area contributed by atoms with Crippen LogP contribution in [0.2, 0.25) is 0 Å². The van der Waals surface area contributed by atoms with Gasteiger partial charge in [-0.3, -0.25) is 9.78 Å². The van der Waals surface area contributed by atoms with E-state index in [-0.39, 0.29) is 18.5 Å². The molecule has 1 fully saturated rings. The third-order valence-corrected chi connectivity index (χ3v) is 8.42. The molecule has 10 heteroatoms. The molecular weight excluding hydrogens is 468 g/mol. The number of carboxylic acids is 1. The molecule has 4 rings (SSSR count). The Morgan fingerprint density at radius 2 is 1.83 bits per heavy atom. The summed E-state index contributed by atoms with van der Waals surface area (Å²) in [5.41, 5.74) is -1.07. The van der Waals surface area contributed by atoms with Gasteiger partial charge < -0.3 is 9.84 Å². The lowest BCUT2D eigenvalue weighted by molar-refractivity contribution is -0.143. The molecule has 3 aromatic rings. The third-order valence-electron chi connectivity index (χ3n) is 6.44. The van der Waals surface area contributed by atoms with Gasteiger partial charge in [0.15, 0.2) is 0 Å². The molecule has 0 amide bonds. The van der Waals surface area contributed by atoms with Crippen molar-refractivity contribution in [1.82, 2.24) is 19.0 Å². The molecule has 2 aromatic heterocycles. The zero-order valence-electron chi connectivity index (χ0n) is 20.0. The van der Waals surface area contributed by atoms with Gasteiger partial charge in [-0.2, -0.15) is 17.4 Å². The maximum Gasteiger partial charge on any atom is 0.324 e. The molecule has 0 saturated carbocycles. The molecule has 1 aliphatic heterocycles. The summed E-state index contributed by atoms with van der Waals surface area (Å²) in [4.78, 5) is 20.6. The van der Waals surface area contributed by atoms with Gasteiger partial charge in [-0.25, -0.2) is 4.98 Å². The van der Waals surface area contributed by atoms with Crippen molar-refractivity contribution < 1.29 is 23.1 Å². The van der Waals surface area contributed by atoms with Crippen molar-refractivity contribution in [2.45, 2.75) is 64.1 Å². The number of carbonyl (C=O) groups is 1. The topological polar surface area (TPSA) is 122 Å². The van der Waals surface area contributed by atoms with E-state index in [2.05, 4.69) is 14.7 Å². The van der Waals surface area contributed by atoms with Gasteiger partial charge in [0, 0.05) is 47.9 Å². The van der Waals surface area contributed by atoms with Crippen molar-refractivity contribution in [3.63, 3.8) is 0 Å². The minimum Gasteiger partial charge on any atom is -0.480 e. The molecule has 2 unspecified atom stereocenters.